The molecule has 3 heterocycles. The normalized spacial score (nSPS) is 13.2. The van der Waals surface area contributed by atoms with Gasteiger partial charge in [0.1, 0.15) is 11.2 Å². The molecule has 0 unspecified atom stereocenters. The van der Waals surface area contributed by atoms with Gasteiger partial charge in [0.25, 0.3) is 0 Å². The molecule has 0 atom stereocenters. The second-order valence-corrected chi connectivity index (χ2v) is 14.1. The van der Waals surface area contributed by atoms with Crippen molar-refractivity contribution in [3.05, 3.63) is 181 Å². The standard InChI is InChI=1S/C48H34N4O/c1-48(2)39-20-10-12-22-41(39)52(42-23-13-11-21-40(42)48)36-28-34(33-25-26-44-38(30-33)37-19-9-14-24-43(37)53-44)27-35(29-36)47-50-45(31-15-5-3-6-16-31)49-46(51-47)32-17-7-4-8-18-32/h3-30H,1-2H3. The number of anilines is 3. The molecule has 0 N–H and O–H groups in total. The zero-order valence-corrected chi connectivity index (χ0v) is 29.4. The van der Waals surface area contributed by atoms with Crippen molar-refractivity contribution >= 4 is 39.0 Å². The van der Waals surface area contributed by atoms with Gasteiger partial charge in [0.2, 0.25) is 0 Å². The average molecular weight is 683 g/mol. The van der Waals surface area contributed by atoms with Crippen molar-refractivity contribution in [3.63, 3.8) is 0 Å². The molecule has 0 radical (unpaired) electrons. The first-order chi connectivity index (χ1) is 26.0. The smallest absolute Gasteiger partial charge is 0.164 e. The molecule has 9 aromatic rings. The van der Waals surface area contributed by atoms with Gasteiger partial charge >= 0.3 is 0 Å². The Labute approximate surface area is 307 Å². The SMILES string of the molecule is CC1(C)c2ccccc2N(c2cc(-c3ccc4oc5ccccc5c4c3)cc(-c3nc(-c4ccccc4)nc(-c4ccccc4)n3)c2)c2ccccc21. The number of benzene rings is 7. The van der Waals surface area contributed by atoms with E-state index >= 15 is 0 Å². The van der Waals surface area contributed by atoms with Crippen molar-refractivity contribution in [2.75, 3.05) is 4.90 Å². The molecule has 0 amide bonds. The summed E-state index contributed by atoms with van der Waals surface area (Å²) in [5.74, 6) is 1.86. The van der Waals surface area contributed by atoms with Gasteiger partial charge in [-0.3, -0.25) is 0 Å². The summed E-state index contributed by atoms with van der Waals surface area (Å²) in [6.07, 6.45) is 0. The van der Waals surface area contributed by atoms with E-state index in [1.165, 1.54) is 11.1 Å². The first-order valence-electron chi connectivity index (χ1n) is 17.9. The number of hydrogen-bond donors (Lipinski definition) is 0. The fourth-order valence-corrected chi connectivity index (χ4v) is 7.83. The summed E-state index contributed by atoms with van der Waals surface area (Å²) in [4.78, 5) is 17.7. The lowest BCUT2D eigenvalue weighted by atomic mass is 9.73. The zero-order valence-electron chi connectivity index (χ0n) is 29.4. The van der Waals surface area contributed by atoms with Gasteiger partial charge in [0.15, 0.2) is 17.5 Å². The third-order valence-electron chi connectivity index (χ3n) is 10.5. The Morgan fingerprint density at radius 2 is 0.925 bits per heavy atom. The summed E-state index contributed by atoms with van der Waals surface area (Å²) >= 11 is 0. The van der Waals surface area contributed by atoms with Crippen LogP contribution in [-0.4, -0.2) is 15.0 Å². The fourth-order valence-electron chi connectivity index (χ4n) is 7.83. The first-order valence-corrected chi connectivity index (χ1v) is 17.9. The van der Waals surface area contributed by atoms with Crippen molar-refractivity contribution in [3.8, 4) is 45.3 Å². The Morgan fingerprint density at radius 3 is 1.57 bits per heavy atom. The molecule has 2 aromatic heterocycles. The number of furan rings is 1. The van der Waals surface area contributed by atoms with Crippen LogP contribution < -0.4 is 4.90 Å². The zero-order chi connectivity index (χ0) is 35.5. The molecule has 5 heteroatoms. The maximum atomic E-state index is 6.23. The Morgan fingerprint density at radius 1 is 0.415 bits per heavy atom. The molecule has 10 rings (SSSR count). The molecule has 0 aliphatic carbocycles. The first kappa shape index (κ1) is 30.9. The van der Waals surface area contributed by atoms with Crippen LogP contribution in [-0.2, 0) is 5.41 Å². The highest BCUT2D eigenvalue weighted by molar-refractivity contribution is 6.06. The van der Waals surface area contributed by atoms with E-state index in [4.69, 9.17) is 19.4 Å². The van der Waals surface area contributed by atoms with E-state index in [1.807, 2.05) is 72.8 Å². The molecular weight excluding hydrogens is 649 g/mol. The van der Waals surface area contributed by atoms with E-state index in [0.29, 0.717) is 17.5 Å². The van der Waals surface area contributed by atoms with Crippen LogP contribution in [0.1, 0.15) is 25.0 Å². The maximum Gasteiger partial charge on any atom is 0.164 e. The molecule has 5 nitrogen and oxygen atoms in total. The molecule has 252 valence electrons. The summed E-state index contributed by atoms with van der Waals surface area (Å²) in [5.41, 5.74) is 12.3. The highest BCUT2D eigenvalue weighted by atomic mass is 16.3. The second kappa shape index (κ2) is 12.1. The second-order valence-electron chi connectivity index (χ2n) is 14.1. The summed E-state index contributed by atoms with van der Waals surface area (Å²) in [6.45, 7) is 4.63. The van der Waals surface area contributed by atoms with Crippen molar-refractivity contribution in [2.45, 2.75) is 19.3 Å². The van der Waals surface area contributed by atoms with Crippen molar-refractivity contribution in [1.82, 2.24) is 15.0 Å². The Balaban J connectivity index is 1.25. The molecule has 0 saturated heterocycles. The summed E-state index contributed by atoms with van der Waals surface area (Å²) in [7, 11) is 0. The maximum absolute atomic E-state index is 6.23. The van der Waals surface area contributed by atoms with Gasteiger partial charge in [-0.2, -0.15) is 0 Å². The highest BCUT2D eigenvalue weighted by Crippen LogP contribution is 2.52. The van der Waals surface area contributed by atoms with Gasteiger partial charge in [-0.05, 0) is 70.8 Å². The van der Waals surface area contributed by atoms with Gasteiger partial charge in [-0.25, -0.2) is 15.0 Å². The van der Waals surface area contributed by atoms with E-state index in [0.717, 1.165) is 66.8 Å². The number of aromatic nitrogens is 3. The van der Waals surface area contributed by atoms with Crippen LogP contribution in [0.5, 0.6) is 0 Å². The van der Waals surface area contributed by atoms with E-state index in [2.05, 4.69) is 116 Å². The molecule has 0 bridgehead atoms. The molecule has 1 aliphatic rings. The van der Waals surface area contributed by atoms with E-state index in [1.54, 1.807) is 0 Å². The summed E-state index contributed by atoms with van der Waals surface area (Å²) in [6, 6.07) is 59.2. The van der Waals surface area contributed by atoms with Gasteiger partial charge in [-0.15, -0.1) is 0 Å². The number of nitrogens with zero attached hydrogens (tertiary/aromatic N) is 4. The average Bonchev–Trinajstić information content (AvgIpc) is 3.59. The largest absolute Gasteiger partial charge is 0.456 e. The van der Waals surface area contributed by atoms with Gasteiger partial charge in [-0.1, -0.05) is 135 Å². The lowest BCUT2D eigenvalue weighted by molar-refractivity contribution is 0.632. The quantitative estimate of drug-likeness (QED) is 0.181. The van der Waals surface area contributed by atoms with Crippen LogP contribution in [0.3, 0.4) is 0 Å². The third-order valence-corrected chi connectivity index (χ3v) is 10.5. The van der Waals surface area contributed by atoms with Crippen LogP contribution in [0, 0.1) is 0 Å². The van der Waals surface area contributed by atoms with Crippen LogP contribution in [0.25, 0.3) is 67.2 Å². The predicted molar refractivity (Wildman–Crippen MR) is 216 cm³/mol. The van der Waals surface area contributed by atoms with E-state index < -0.39 is 0 Å². The van der Waals surface area contributed by atoms with Crippen molar-refractivity contribution in [1.29, 1.82) is 0 Å². The number of para-hydroxylation sites is 3. The topological polar surface area (TPSA) is 55.1 Å². The van der Waals surface area contributed by atoms with Gasteiger partial charge in [0.05, 0.1) is 11.4 Å². The van der Waals surface area contributed by atoms with Crippen LogP contribution in [0.2, 0.25) is 0 Å². The van der Waals surface area contributed by atoms with Crippen LogP contribution in [0.4, 0.5) is 17.1 Å². The Kier molecular flexibility index (Phi) is 7.08. The van der Waals surface area contributed by atoms with Gasteiger partial charge < -0.3 is 9.32 Å². The number of hydrogen-bond acceptors (Lipinski definition) is 5. The molecule has 53 heavy (non-hydrogen) atoms. The van der Waals surface area contributed by atoms with Crippen molar-refractivity contribution < 1.29 is 4.42 Å². The molecule has 7 aromatic carbocycles. The molecule has 0 fully saturated rings. The fraction of sp³-hybridized carbons (Fsp3) is 0.0625. The molecule has 0 spiro atoms. The minimum atomic E-state index is -0.180. The van der Waals surface area contributed by atoms with Crippen LogP contribution >= 0.6 is 0 Å². The lowest BCUT2D eigenvalue weighted by Crippen LogP contribution is -2.30. The molecule has 1 aliphatic heterocycles. The Bertz CT molecular complexity index is 2720. The van der Waals surface area contributed by atoms with E-state index in [-0.39, 0.29) is 5.41 Å². The van der Waals surface area contributed by atoms with Gasteiger partial charge in [0, 0.05) is 38.6 Å². The predicted octanol–water partition coefficient (Wildman–Crippen LogP) is 12.5. The molecular formula is C48H34N4O. The number of fused-ring (bicyclic) bond motifs is 5. The minimum Gasteiger partial charge on any atom is -0.456 e. The lowest BCUT2D eigenvalue weighted by Gasteiger charge is -2.42. The van der Waals surface area contributed by atoms with Crippen molar-refractivity contribution in [2.24, 2.45) is 0 Å². The Hall–Kier alpha value is -6.85. The summed E-state index contributed by atoms with van der Waals surface area (Å²) < 4.78 is 6.23. The third kappa shape index (κ3) is 5.20. The van der Waals surface area contributed by atoms with E-state index in [9.17, 15) is 0 Å². The monoisotopic (exact) mass is 682 g/mol. The number of rotatable bonds is 5. The minimum absolute atomic E-state index is 0.180. The van der Waals surface area contributed by atoms with Crippen LogP contribution in [0.15, 0.2) is 174 Å². The highest BCUT2D eigenvalue weighted by Gasteiger charge is 2.36. The summed E-state index contributed by atoms with van der Waals surface area (Å²) in [5, 5.41) is 2.18. The molecule has 0 saturated carbocycles.